The van der Waals surface area contributed by atoms with E-state index in [-0.39, 0.29) is 41.9 Å². The predicted octanol–water partition coefficient (Wildman–Crippen LogP) is 1.14. The highest BCUT2D eigenvalue weighted by atomic mass is 16.6. The molecule has 0 unspecified atom stereocenters. The maximum Gasteiger partial charge on any atom is 0.343 e. The van der Waals surface area contributed by atoms with Crippen LogP contribution in [0.5, 0.6) is 5.75 Å². The molecule has 0 saturated heterocycles. The summed E-state index contributed by atoms with van der Waals surface area (Å²) in [5, 5.41) is 21.7. The number of aromatic nitrogens is 2. The van der Waals surface area contributed by atoms with Gasteiger partial charge in [-0.05, 0) is 38.7 Å². The summed E-state index contributed by atoms with van der Waals surface area (Å²) in [5.41, 5.74) is 0.219. The van der Waals surface area contributed by atoms with Gasteiger partial charge in [0.2, 0.25) is 0 Å². The third-order valence-corrected chi connectivity index (χ3v) is 6.44. The molecule has 2 aliphatic rings. The maximum absolute atomic E-state index is 13.5. The van der Waals surface area contributed by atoms with E-state index in [2.05, 4.69) is 4.98 Å². The smallest absolute Gasteiger partial charge is 0.343 e. The monoisotopic (exact) mass is 437 g/mol. The highest BCUT2D eigenvalue weighted by Gasteiger charge is 2.45. The third-order valence-electron chi connectivity index (χ3n) is 6.44. The number of nitrogens with one attached hydrogen (secondary N) is 1. The van der Waals surface area contributed by atoms with Gasteiger partial charge < -0.3 is 29.4 Å². The summed E-state index contributed by atoms with van der Waals surface area (Å²) >= 11 is 0. The largest absolute Gasteiger partial charge is 0.508 e. The van der Waals surface area contributed by atoms with Crippen molar-refractivity contribution < 1.29 is 19.7 Å². The lowest BCUT2D eigenvalue weighted by molar-refractivity contribution is -0.172. The molecule has 1 aromatic carbocycles. The van der Waals surface area contributed by atoms with Gasteiger partial charge in [0.15, 0.2) is 11.0 Å². The Hall–Kier alpha value is -3.43. The van der Waals surface area contributed by atoms with Gasteiger partial charge in [-0.3, -0.25) is 9.59 Å². The molecule has 0 radical (unpaired) electrons. The number of aromatic hydroxyl groups is 1. The van der Waals surface area contributed by atoms with Gasteiger partial charge in [-0.15, -0.1) is 0 Å². The van der Waals surface area contributed by atoms with Crippen LogP contribution in [0.25, 0.3) is 22.3 Å². The zero-order valence-electron chi connectivity index (χ0n) is 18.0. The fourth-order valence-corrected chi connectivity index (χ4v) is 4.74. The van der Waals surface area contributed by atoms with Gasteiger partial charge in [0.25, 0.3) is 5.56 Å². The van der Waals surface area contributed by atoms with Crippen LogP contribution < -0.4 is 11.0 Å². The first-order valence-electron chi connectivity index (χ1n) is 10.4. The van der Waals surface area contributed by atoms with Crippen molar-refractivity contribution in [1.29, 1.82) is 0 Å². The van der Waals surface area contributed by atoms with Gasteiger partial charge in [0.1, 0.15) is 12.4 Å². The van der Waals surface area contributed by atoms with Crippen LogP contribution in [0.15, 0.2) is 27.8 Å². The molecule has 5 rings (SSSR count). The Morgan fingerprint density at radius 1 is 1.22 bits per heavy atom. The molecule has 1 atom stereocenters. The minimum absolute atomic E-state index is 0.0310. The molecule has 2 aliphatic heterocycles. The molecule has 0 amide bonds. The molecule has 3 N–H and O–H groups in total. The lowest BCUT2D eigenvalue weighted by atomic mass is 9.86. The number of hydrogen-bond acceptors (Lipinski definition) is 7. The number of aliphatic hydroxyl groups is 1. The summed E-state index contributed by atoms with van der Waals surface area (Å²) < 4.78 is 6.54. The van der Waals surface area contributed by atoms with Crippen molar-refractivity contribution in [3.63, 3.8) is 0 Å². The average molecular weight is 437 g/mol. The third kappa shape index (κ3) is 2.61. The number of ether oxygens (including phenoxy) is 1. The quantitative estimate of drug-likeness (QED) is 0.411. The molecule has 32 heavy (non-hydrogen) atoms. The van der Waals surface area contributed by atoms with E-state index < -0.39 is 17.1 Å². The van der Waals surface area contributed by atoms with E-state index in [0.717, 1.165) is 0 Å². The second-order valence-electron chi connectivity index (χ2n) is 8.63. The van der Waals surface area contributed by atoms with Crippen LogP contribution in [0.1, 0.15) is 35.6 Å². The molecule has 9 heteroatoms. The summed E-state index contributed by atoms with van der Waals surface area (Å²) in [6, 6.07) is 4.77. The molecule has 0 spiro atoms. The summed E-state index contributed by atoms with van der Waals surface area (Å²) in [5.74, 6) is -0.755. The van der Waals surface area contributed by atoms with Gasteiger partial charge in [-0.25, -0.2) is 4.79 Å². The number of phenols is 1. The zero-order chi connectivity index (χ0) is 22.9. The second kappa shape index (κ2) is 6.78. The van der Waals surface area contributed by atoms with Gasteiger partial charge >= 0.3 is 5.97 Å². The van der Waals surface area contributed by atoms with Crippen molar-refractivity contribution in [2.24, 2.45) is 0 Å². The van der Waals surface area contributed by atoms with Crippen LogP contribution in [0.2, 0.25) is 0 Å². The average Bonchev–Trinajstić information content (AvgIpc) is 3.12. The fraction of sp³-hybridized carbons (Fsp3) is 0.348. The number of esters is 1. The van der Waals surface area contributed by atoms with Crippen molar-refractivity contribution in [2.45, 2.75) is 38.6 Å². The number of hydrogen-bond donors (Lipinski definition) is 3. The van der Waals surface area contributed by atoms with E-state index in [9.17, 15) is 24.6 Å². The highest BCUT2D eigenvalue weighted by molar-refractivity contribution is 5.89. The van der Waals surface area contributed by atoms with Crippen molar-refractivity contribution in [3.05, 3.63) is 61.0 Å². The van der Waals surface area contributed by atoms with Crippen molar-refractivity contribution in [3.8, 4) is 17.1 Å². The molecular formula is C23H23N3O6. The summed E-state index contributed by atoms with van der Waals surface area (Å²) in [7, 11) is 3.69. The van der Waals surface area contributed by atoms with E-state index in [4.69, 9.17) is 4.74 Å². The SMILES string of the molecule is CC[C@@]1(O)C(=O)OCc2c1cc1n(c2=O)Cc2c-1[nH]c1ccc(O)c(CN(C)C)c1c2=O. The second-order valence-corrected chi connectivity index (χ2v) is 8.63. The van der Waals surface area contributed by atoms with Gasteiger partial charge in [-0.1, -0.05) is 6.92 Å². The number of fused-ring (bicyclic) bond motifs is 5. The number of carbonyl (C=O) groups is 1. The molecule has 166 valence electrons. The highest BCUT2D eigenvalue weighted by Crippen LogP contribution is 2.38. The number of pyridine rings is 2. The van der Waals surface area contributed by atoms with Crippen LogP contribution >= 0.6 is 0 Å². The summed E-state index contributed by atoms with van der Waals surface area (Å²) in [6.07, 6.45) is 0.0516. The van der Waals surface area contributed by atoms with E-state index in [1.54, 1.807) is 19.1 Å². The standard InChI is InChI=1S/C23H23N3O6/c1-4-23(31)14-7-16-19-12(9-26(16)21(29)13(14)10-32-22(23)30)20(28)18-11(8-25(2)3)17(27)6-5-15(18)24-19/h5-7,27,31H,4,8-10H2,1-3H3,(H,24,28)/t23-/m0/s1. The Balaban J connectivity index is 1.81. The van der Waals surface area contributed by atoms with Gasteiger partial charge in [0, 0.05) is 23.2 Å². The van der Waals surface area contributed by atoms with Crippen LogP contribution in [0.3, 0.4) is 0 Å². The number of carbonyl (C=O) groups excluding carboxylic acids is 1. The Morgan fingerprint density at radius 2 is 1.97 bits per heavy atom. The van der Waals surface area contributed by atoms with Crippen molar-refractivity contribution in [2.75, 3.05) is 14.1 Å². The molecule has 3 aromatic rings. The van der Waals surface area contributed by atoms with Crippen LogP contribution in [-0.4, -0.2) is 44.7 Å². The number of nitrogens with zero attached hydrogens (tertiary/aromatic N) is 2. The van der Waals surface area contributed by atoms with Crippen molar-refractivity contribution in [1.82, 2.24) is 14.5 Å². The van der Waals surface area contributed by atoms with E-state index >= 15 is 0 Å². The normalized spacial score (nSPS) is 19.1. The minimum Gasteiger partial charge on any atom is -0.508 e. The predicted molar refractivity (Wildman–Crippen MR) is 116 cm³/mol. The Bertz CT molecular complexity index is 1430. The maximum atomic E-state index is 13.5. The zero-order valence-corrected chi connectivity index (χ0v) is 18.0. The number of cyclic esters (lactones) is 1. The molecule has 0 aliphatic carbocycles. The first-order valence-corrected chi connectivity index (χ1v) is 10.4. The van der Waals surface area contributed by atoms with E-state index in [0.29, 0.717) is 40.0 Å². The van der Waals surface area contributed by atoms with Gasteiger partial charge in [-0.2, -0.15) is 0 Å². The molecule has 0 saturated carbocycles. The summed E-state index contributed by atoms with van der Waals surface area (Å²) in [6.45, 7) is 1.85. The topological polar surface area (TPSA) is 125 Å². The fourth-order valence-electron chi connectivity index (χ4n) is 4.74. The number of aromatic amines is 1. The summed E-state index contributed by atoms with van der Waals surface area (Å²) in [4.78, 5) is 44.2. The number of phenolic OH excluding ortho intramolecular Hbond substituents is 1. The van der Waals surface area contributed by atoms with Crippen LogP contribution in [0.4, 0.5) is 0 Å². The first-order chi connectivity index (χ1) is 15.2. The molecule has 2 aromatic heterocycles. The molecule has 0 bridgehead atoms. The number of benzene rings is 1. The molecule has 0 fully saturated rings. The Morgan fingerprint density at radius 3 is 2.66 bits per heavy atom. The molecule has 4 heterocycles. The van der Waals surface area contributed by atoms with Crippen LogP contribution in [0, 0.1) is 0 Å². The molecular weight excluding hydrogens is 414 g/mol. The van der Waals surface area contributed by atoms with E-state index in [1.165, 1.54) is 10.6 Å². The van der Waals surface area contributed by atoms with Crippen LogP contribution in [-0.2, 0) is 34.8 Å². The number of rotatable bonds is 3. The minimum atomic E-state index is -1.91. The van der Waals surface area contributed by atoms with Gasteiger partial charge in [0.05, 0.1) is 34.4 Å². The number of H-pyrrole nitrogens is 1. The van der Waals surface area contributed by atoms with Crippen molar-refractivity contribution >= 4 is 16.9 Å². The molecule has 9 nitrogen and oxygen atoms in total. The lowest BCUT2D eigenvalue weighted by Crippen LogP contribution is -2.44. The Kier molecular flexibility index (Phi) is 4.34. The van der Waals surface area contributed by atoms with E-state index in [1.807, 2.05) is 19.0 Å². The first kappa shape index (κ1) is 20.5. The Labute approximate surface area is 182 Å². The lowest BCUT2D eigenvalue weighted by Gasteiger charge is -2.31.